The van der Waals surface area contributed by atoms with E-state index in [1.807, 2.05) is 19.0 Å². The smallest absolute Gasteiger partial charge is 0.388 e. The molecule has 0 saturated carbocycles. The average Bonchev–Trinajstić information content (AvgIpc) is 2.37. The van der Waals surface area contributed by atoms with Crippen LogP contribution in [-0.4, -0.2) is 55.7 Å². The molecule has 0 aliphatic heterocycles. The number of nitrogens with zero attached hydrogens (tertiary/aromatic N) is 4. The lowest BCUT2D eigenvalue weighted by Gasteiger charge is -2.21. The Morgan fingerprint density at radius 3 is 2.52 bits per heavy atom. The fourth-order valence-electron chi connectivity index (χ4n) is 1.54. The molecule has 2 N–H and O–H groups in total. The van der Waals surface area contributed by atoms with Crippen molar-refractivity contribution in [3.05, 3.63) is 16.2 Å². The Morgan fingerprint density at radius 2 is 2.05 bits per heavy atom. The second-order valence-corrected chi connectivity index (χ2v) is 4.59. The SMILES string of the molecule is CN(C)CCN(C)c1nc(OC(F)F)c(N)cc1[N+](=O)[O-]. The van der Waals surface area contributed by atoms with Crippen LogP contribution in [0.25, 0.3) is 0 Å². The van der Waals surface area contributed by atoms with Crippen LogP contribution in [0.3, 0.4) is 0 Å². The van der Waals surface area contributed by atoms with Crippen molar-refractivity contribution in [1.29, 1.82) is 0 Å². The topological polar surface area (TPSA) is 97.8 Å². The second-order valence-electron chi connectivity index (χ2n) is 4.59. The molecule has 0 radical (unpaired) electrons. The van der Waals surface area contributed by atoms with Crippen molar-refractivity contribution >= 4 is 17.2 Å². The summed E-state index contributed by atoms with van der Waals surface area (Å²) in [5.74, 6) is -0.603. The molecule has 0 bridgehead atoms. The van der Waals surface area contributed by atoms with Crippen molar-refractivity contribution in [2.75, 3.05) is 44.9 Å². The van der Waals surface area contributed by atoms with Gasteiger partial charge in [0.1, 0.15) is 5.69 Å². The van der Waals surface area contributed by atoms with Gasteiger partial charge in [0.15, 0.2) is 0 Å². The first kappa shape index (κ1) is 16.8. The summed E-state index contributed by atoms with van der Waals surface area (Å²) in [7, 11) is 5.25. The third-order valence-corrected chi connectivity index (χ3v) is 2.62. The number of aromatic nitrogens is 1. The summed E-state index contributed by atoms with van der Waals surface area (Å²) in [4.78, 5) is 17.5. The van der Waals surface area contributed by atoms with Crippen LogP contribution in [-0.2, 0) is 0 Å². The van der Waals surface area contributed by atoms with Crippen molar-refractivity contribution in [1.82, 2.24) is 9.88 Å². The van der Waals surface area contributed by atoms with Crippen LogP contribution >= 0.6 is 0 Å². The van der Waals surface area contributed by atoms with Crippen molar-refractivity contribution in [3.8, 4) is 5.88 Å². The summed E-state index contributed by atoms with van der Waals surface area (Å²) >= 11 is 0. The van der Waals surface area contributed by atoms with Crippen molar-refractivity contribution in [2.24, 2.45) is 0 Å². The molecular weight excluding hydrogens is 288 g/mol. The van der Waals surface area contributed by atoms with Crippen LogP contribution in [0.2, 0.25) is 0 Å². The van der Waals surface area contributed by atoms with E-state index >= 15 is 0 Å². The molecule has 0 atom stereocenters. The fraction of sp³-hybridized carbons (Fsp3) is 0.545. The Morgan fingerprint density at radius 1 is 1.43 bits per heavy atom. The van der Waals surface area contributed by atoms with Crippen LogP contribution in [0.15, 0.2) is 6.07 Å². The van der Waals surface area contributed by atoms with Crippen LogP contribution in [0.1, 0.15) is 0 Å². The van der Waals surface area contributed by atoms with Gasteiger partial charge in [-0.05, 0) is 14.1 Å². The molecule has 8 nitrogen and oxygen atoms in total. The molecule has 21 heavy (non-hydrogen) atoms. The monoisotopic (exact) mass is 305 g/mol. The molecular formula is C11H17F2N5O3. The van der Waals surface area contributed by atoms with Gasteiger partial charge in [0, 0.05) is 26.2 Å². The van der Waals surface area contributed by atoms with Crippen molar-refractivity contribution < 1.29 is 18.4 Å². The highest BCUT2D eigenvalue weighted by Crippen LogP contribution is 2.33. The standard InChI is InChI=1S/C11H17F2N5O3/c1-16(2)4-5-17(3)9-8(18(19)20)6-7(14)10(15-9)21-11(12)13/h6,11H,4-5,14H2,1-3H3. The minimum atomic E-state index is -3.11. The predicted molar refractivity (Wildman–Crippen MR) is 73.8 cm³/mol. The fourth-order valence-corrected chi connectivity index (χ4v) is 1.54. The highest BCUT2D eigenvalue weighted by atomic mass is 19.3. The predicted octanol–water partition coefficient (Wildman–Crippen LogP) is 1.17. The number of ether oxygens (including phenoxy) is 1. The molecule has 1 aromatic rings. The summed E-state index contributed by atoms with van der Waals surface area (Å²) in [6.07, 6.45) is 0. The Bertz CT molecular complexity index is 513. The van der Waals surface area contributed by atoms with Crippen molar-refractivity contribution in [2.45, 2.75) is 6.61 Å². The normalized spacial score (nSPS) is 11.0. The molecule has 0 spiro atoms. The third kappa shape index (κ3) is 4.67. The zero-order chi connectivity index (χ0) is 16.2. The van der Waals surface area contributed by atoms with Crippen molar-refractivity contribution in [3.63, 3.8) is 0 Å². The van der Waals surface area contributed by atoms with E-state index in [1.165, 1.54) is 4.90 Å². The van der Waals surface area contributed by atoms with Gasteiger partial charge >= 0.3 is 12.3 Å². The van der Waals surface area contributed by atoms with Gasteiger partial charge < -0.3 is 20.3 Å². The second kappa shape index (κ2) is 6.97. The molecule has 10 heteroatoms. The van der Waals surface area contributed by atoms with E-state index in [-0.39, 0.29) is 17.2 Å². The number of halogens is 2. The molecule has 1 heterocycles. The van der Waals surface area contributed by atoms with Gasteiger partial charge in [-0.15, -0.1) is 0 Å². The number of nitrogen functional groups attached to an aromatic ring is 1. The molecule has 0 amide bonds. The highest BCUT2D eigenvalue weighted by Gasteiger charge is 2.24. The number of nitro groups is 1. The Hall–Kier alpha value is -2.23. The minimum Gasteiger partial charge on any atom is -0.415 e. The van der Waals surface area contributed by atoms with E-state index < -0.39 is 17.4 Å². The van der Waals surface area contributed by atoms with Gasteiger partial charge in [0.25, 0.3) is 0 Å². The molecule has 0 aliphatic carbocycles. The van der Waals surface area contributed by atoms with Gasteiger partial charge in [-0.3, -0.25) is 10.1 Å². The minimum absolute atomic E-state index is 0.0771. The van der Waals surface area contributed by atoms with Gasteiger partial charge in [-0.25, -0.2) is 0 Å². The number of likely N-dealkylation sites (N-methyl/N-ethyl adjacent to an activating group) is 2. The Labute approximate surface area is 120 Å². The number of hydrogen-bond donors (Lipinski definition) is 1. The molecule has 1 rings (SSSR count). The summed E-state index contributed by atoms with van der Waals surface area (Å²) in [6, 6.07) is 0.964. The Balaban J connectivity index is 3.15. The maximum atomic E-state index is 12.3. The van der Waals surface area contributed by atoms with Crippen LogP contribution < -0.4 is 15.4 Å². The summed E-state index contributed by atoms with van der Waals surface area (Å²) in [5, 5.41) is 11.0. The van der Waals surface area contributed by atoms with Gasteiger partial charge in [0.05, 0.1) is 4.92 Å². The van der Waals surface area contributed by atoms with Gasteiger partial charge in [-0.2, -0.15) is 13.8 Å². The van der Waals surface area contributed by atoms with E-state index in [1.54, 1.807) is 7.05 Å². The van der Waals surface area contributed by atoms with E-state index in [0.717, 1.165) is 6.07 Å². The Kier molecular flexibility index (Phi) is 5.59. The largest absolute Gasteiger partial charge is 0.415 e. The molecule has 0 aliphatic rings. The quantitative estimate of drug-likeness (QED) is 0.596. The first-order valence-corrected chi connectivity index (χ1v) is 5.98. The van der Waals surface area contributed by atoms with E-state index in [0.29, 0.717) is 13.1 Å². The maximum Gasteiger partial charge on any atom is 0.388 e. The summed E-state index contributed by atoms with van der Waals surface area (Å²) in [5.41, 5.74) is 4.77. The zero-order valence-corrected chi connectivity index (χ0v) is 11.9. The lowest BCUT2D eigenvalue weighted by Crippen LogP contribution is -2.29. The van der Waals surface area contributed by atoms with Crippen LogP contribution in [0.4, 0.5) is 26.0 Å². The van der Waals surface area contributed by atoms with Gasteiger partial charge in [0.2, 0.25) is 11.7 Å². The molecule has 0 saturated heterocycles. The first-order chi connectivity index (χ1) is 9.72. The molecule has 0 aromatic carbocycles. The lowest BCUT2D eigenvalue weighted by atomic mass is 10.3. The molecule has 118 valence electrons. The summed E-state index contributed by atoms with van der Waals surface area (Å²) < 4.78 is 28.7. The van der Waals surface area contributed by atoms with E-state index in [9.17, 15) is 18.9 Å². The maximum absolute atomic E-state index is 12.3. The molecule has 0 unspecified atom stereocenters. The number of hydrogen-bond acceptors (Lipinski definition) is 7. The van der Waals surface area contributed by atoms with E-state index in [2.05, 4.69) is 9.72 Å². The third-order valence-electron chi connectivity index (χ3n) is 2.62. The molecule has 0 fully saturated rings. The summed E-state index contributed by atoms with van der Waals surface area (Å²) in [6.45, 7) is -2.09. The first-order valence-electron chi connectivity index (χ1n) is 5.98. The van der Waals surface area contributed by atoms with Gasteiger partial charge in [-0.1, -0.05) is 0 Å². The number of rotatable bonds is 7. The zero-order valence-electron chi connectivity index (χ0n) is 11.9. The van der Waals surface area contributed by atoms with E-state index in [4.69, 9.17) is 5.73 Å². The molecule has 1 aromatic heterocycles. The number of anilines is 2. The number of alkyl halides is 2. The van der Waals surface area contributed by atoms with Crippen LogP contribution in [0.5, 0.6) is 5.88 Å². The lowest BCUT2D eigenvalue weighted by molar-refractivity contribution is -0.384. The number of nitrogens with two attached hydrogens (primary N) is 1. The van der Waals surface area contributed by atoms with Crippen LogP contribution in [0, 0.1) is 10.1 Å². The average molecular weight is 305 g/mol. The number of pyridine rings is 1. The highest BCUT2D eigenvalue weighted by molar-refractivity contribution is 5.67.